The van der Waals surface area contributed by atoms with Gasteiger partial charge in [-0.15, -0.1) is 0 Å². The lowest BCUT2D eigenvalue weighted by Gasteiger charge is -2.42. The first-order valence-corrected chi connectivity index (χ1v) is 12.9. The third-order valence-electron chi connectivity index (χ3n) is 5.76. The van der Waals surface area contributed by atoms with Crippen molar-refractivity contribution in [3.63, 3.8) is 0 Å². The van der Waals surface area contributed by atoms with Gasteiger partial charge in [-0.25, -0.2) is 0 Å². The molecule has 218 valence electrons. The van der Waals surface area contributed by atoms with Gasteiger partial charge in [0.25, 0.3) is 0 Å². The molecule has 0 saturated heterocycles. The molecule has 2 aromatic carbocycles. The Balaban J connectivity index is 1.82. The first-order chi connectivity index (χ1) is 18.4. The van der Waals surface area contributed by atoms with Crippen LogP contribution >= 0.6 is 0 Å². The SMILES string of the molecule is COC(OCCOCCOc1ccc(C(=O)C(C)(C)O)cc1)(c1ccc(OCCOCCO)cc1)C(C)(C)O. The standard InChI is InChI=1S/C29H42O10/c1-27(2,32)26(31)22-6-10-24(11-7-22)37-20-17-36-18-21-39-29(34-5,28(3,4)33)23-8-12-25(13-9-23)38-19-16-35-15-14-30/h6-13,30,32-33H,14-21H2,1-5H3. The number of ether oxygens (including phenoxy) is 6. The Morgan fingerprint density at radius 1 is 0.718 bits per heavy atom. The van der Waals surface area contributed by atoms with Crippen molar-refractivity contribution >= 4 is 5.78 Å². The molecule has 2 aromatic rings. The molecule has 39 heavy (non-hydrogen) atoms. The highest BCUT2D eigenvalue weighted by Gasteiger charge is 2.47. The van der Waals surface area contributed by atoms with E-state index < -0.39 is 17.0 Å². The van der Waals surface area contributed by atoms with Gasteiger partial charge in [-0.3, -0.25) is 4.79 Å². The Bertz CT molecular complexity index is 977. The van der Waals surface area contributed by atoms with Crippen molar-refractivity contribution in [3.8, 4) is 11.5 Å². The van der Waals surface area contributed by atoms with Crippen LogP contribution in [0.4, 0.5) is 0 Å². The highest BCUT2D eigenvalue weighted by Crippen LogP contribution is 2.38. The van der Waals surface area contributed by atoms with Crippen LogP contribution < -0.4 is 9.47 Å². The molecule has 0 spiro atoms. The van der Waals surface area contributed by atoms with Crippen molar-refractivity contribution in [3.05, 3.63) is 59.7 Å². The van der Waals surface area contributed by atoms with Gasteiger partial charge < -0.3 is 43.7 Å². The average molecular weight is 551 g/mol. The molecule has 0 bridgehead atoms. The zero-order valence-corrected chi connectivity index (χ0v) is 23.5. The van der Waals surface area contributed by atoms with Gasteiger partial charge in [0.15, 0.2) is 5.78 Å². The van der Waals surface area contributed by atoms with E-state index in [-0.39, 0.29) is 38.8 Å². The second-order valence-corrected chi connectivity index (χ2v) is 9.81. The molecule has 0 aromatic heterocycles. The van der Waals surface area contributed by atoms with E-state index in [4.69, 9.17) is 33.5 Å². The molecule has 0 aliphatic carbocycles. The fourth-order valence-electron chi connectivity index (χ4n) is 3.82. The van der Waals surface area contributed by atoms with Crippen LogP contribution in [-0.4, -0.2) is 92.3 Å². The summed E-state index contributed by atoms with van der Waals surface area (Å²) < 4.78 is 33.8. The number of ketones is 1. The third kappa shape index (κ3) is 9.84. The van der Waals surface area contributed by atoms with Crippen molar-refractivity contribution < 1.29 is 48.5 Å². The fourth-order valence-corrected chi connectivity index (χ4v) is 3.82. The van der Waals surface area contributed by atoms with Crippen LogP contribution in [0.5, 0.6) is 11.5 Å². The molecule has 0 radical (unpaired) electrons. The van der Waals surface area contributed by atoms with Crippen LogP contribution in [0.1, 0.15) is 43.6 Å². The number of carbonyl (C=O) groups excluding carboxylic acids is 1. The Labute approximate surface area is 230 Å². The maximum absolute atomic E-state index is 12.1. The maximum Gasteiger partial charge on any atom is 0.224 e. The van der Waals surface area contributed by atoms with Gasteiger partial charge >= 0.3 is 0 Å². The van der Waals surface area contributed by atoms with Crippen molar-refractivity contribution in [1.82, 2.24) is 0 Å². The largest absolute Gasteiger partial charge is 0.491 e. The second-order valence-electron chi connectivity index (χ2n) is 9.81. The molecule has 0 amide bonds. The Hall–Kier alpha value is -2.57. The second kappa shape index (κ2) is 15.3. The summed E-state index contributed by atoms with van der Waals surface area (Å²) in [6, 6.07) is 13.6. The minimum absolute atomic E-state index is 0.0342. The molecule has 10 nitrogen and oxygen atoms in total. The van der Waals surface area contributed by atoms with E-state index in [1.807, 2.05) is 0 Å². The van der Waals surface area contributed by atoms with E-state index in [2.05, 4.69) is 0 Å². The van der Waals surface area contributed by atoms with Crippen LogP contribution in [0.25, 0.3) is 0 Å². The van der Waals surface area contributed by atoms with E-state index in [1.165, 1.54) is 21.0 Å². The number of methoxy groups -OCH3 is 1. The molecule has 1 atom stereocenters. The van der Waals surface area contributed by atoms with E-state index in [0.29, 0.717) is 42.4 Å². The summed E-state index contributed by atoms with van der Waals surface area (Å²) in [5.74, 6) is -0.611. The number of aliphatic hydroxyl groups is 3. The Morgan fingerprint density at radius 2 is 1.21 bits per heavy atom. The first kappa shape index (κ1) is 32.6. The lowest BCUT2D eigenvalue weighted by Crippen LogP contribution is -2.51. The van der Waals surface area contributed by atoms with Crippen LogP contribution in [0, 0.1) is 0 Å². The predicted molar refractivity (Wildman–Crippen MR) is 144 cm³/mol. The molecule has 0 fully saturated rings. The molecule has 3 N–H and O–H groups in total. The van der Waals surface area contributed by atoms with Crippen LogP contribution in [0.15, 0.2) is 48.5 Å². The summed E-state index contributed by atoms with van der Waals surface area (Å²) in [4.78, 5) is 12.1. The van der Waals surface area contributed by atoms with E-state index in [0.717, 1.165) is 0 Å². The highest BCUT2D eigenvalue weighted by molar-refractivity contribution is 6.01. The summed E-state index contributed by atoms with van der Waals surface area (Å²) in [6.45, 7) is 8.00. The van der Waals surface area contributed by atoms with Gasteiger partial charge in [0.2, 0.25) is 5.79 Å². The van der Waals surface area contributed by atoms with E-state index >= 15 is 0 Å². The van der Waals surface area contributed by atoms with E-state index in [9.17, 15) is 15.0 Å². The molecular formula is C29H42O10. The summed E-state index contributed by atoms with van der Waals surface area (Å²) in [6.07, 6.45) is 0. The summed E-state index contributed by atoms with van der Waals surface area (Å²) in [5.41, 5.74) is -1.80. The lowest BCUT2D eigenvalue weighted by molar-refractivity contribution is -0.315. The van der Waals surface area contributed by atoms with Gasteiger partial charge in [0, 0.05) is 18.2 Å². The number of hydrogen-bond acceptors (Lipinski definition) is 10. The van der Waals surface area contributed by atoms with E-state index in [1.54, 1.807) is 62.4 Å². The topological polar surface area (TPSA) is 133 Å². The van der Waals surface area contributed by atoms with Crippen LogP contribution in [-0.2, 0) is 24.7 Å². The highest BCUT2D eigenvalue weighted by atomic mass is 16.7. The minimum Gasteiger partial charge on any atom is -0.491 e. The number of rotatable bonds is 19. The number of aliphatic hydroxyl groups excluding tert-OH is 1. The molecule has 2 rings (SSSR count). The fraction of sp³-hybridized carbons (Fsp3) is 0.552. The van der Waals surface area contributed by atoms with Crippen LogP contribution in [0.3, 0.4) is 0 Å². The van der Waals surface area contributed by atoms with Gasteiger partial charge in [-0.1, -0.05) is 0 Å². The molecule has 0 aliphatic heterocycles. The van der Waals surface area contributed by atoms with Gasteiger partial charge in [0.1, 0.15) is 35.9 Å². The monoisotopic (exact) mass is 550 g/mol. The summed E-state index contributed by atoms with van der Waals surface area (Å²) in [7, 11) is 1.47. The lowest BCUT2D eigenvalue weighted by atomic mass is 9.90. The molecule has 0 heterocycles. The normalized spacial score (nSPS) is 13.6. The Morgan fingerprint density at radius 3 is 1.67 bits per heavy atom. The molecule has 1 unspecified atom stereocenters. The molecule has 0 aliphatic rings. The summed E-state index contributed by atoms with van der Waals surface area (Å²) in [5, 5.41) is 29.5. The van der Waals surface area contributed by atoms with Crippen molar-refractivity contribution in [2.45, 2.75) is 44.7 Å². The van der Waals surface area contributed by atoms with Crippen molar-refractivity contribution in [2.75, 3.05) is 60.0 Å². The first-order valence-electron chi connectivity index (χ1n) is 12.9. The van der Waals surface area contributed by atoms with Gasteiger partial charge in [0.05, 0.1) is 39.6 Å². The van der Waals surface area contributed by atoms with Gasteiger partial charge in [-0.05, 0) is 76.2 Å². The predicted octanol–water partition coefficient (Wildman–Crippen LogP) is 2.71. The number of carbonyl (C=O) groups is 1. The summed E-state index contributed by atoms with van der Waals surface area (Å²) >= 11 is 0. The minimum atomic E-state index is -1.45. The molecule has 10 heteroatoms. The van der Waals surface area contributed by atoms with Crippen molar-refractivity contribution in [1.29, 1.82) is 0 Å². The van der Waals surface area contributed by atoms with Crippen molar-refractivity contribution in [2.24, 2.45) is 0 Å². The number of benzene rings is 2. The zero-order chi connectivity index (χ0) is 28.9. The van der Waals surface area contributed by atoms with Crippen LogP contribution in [0.2, 0.25) is 0 Å². The van der Waals surface area contributed by atoms with Gasteiger partial charge in [-0.2, -0.15) is 0 Å². The third-order valence-corrected chi connectivity index (χ3v) is 5.76. The average Bonchev–Trinajstić information content (AvgIpc) is 2.89. The number of Topliss-reactive ketones (excluding diaryl/α,β-unsaturated/α-hetero) is 1. The maximum atomic E-state index is 12.1. The number of hydrogen-bond donors (Lipinski definition) is 3. The molecular weight excluding hydrogens is 508 g/mol. The Kier molecular flexibility index (Phi) is 12.8. The zero-order valence-electron chi connectivity index (χ0n) is 23.5. The quantitative estimate of drug-likeness (QED) is 0.136. The molecule has 0 saturated carbocycles. The smallest absolute Gasteiger partial charge is 0.224 e.